The van der Waals surface area contributed by atoms with E-state index in [1.807, 2.05) is 6.92 Å². The molecule has 0 saturated carbocycles. The number of ketones is 1. The Bertz CT molecular complexity index is 504. The molecule has 0 unspecified atom stereocenters. The highest BCUT2D eigenvalue weighted by Gasteiger charge is 2.50. The first-order chi connectivity index (χ1) is 8.53. The van der Waals surface area contributed by atoms with Crippen molar-refractivity contribution in [3.8, 4) is 0 Å². The first kappa shape index (κ1) is 15.7. The Labute approximate surface area is 109 Å². The van der Waals surface area contributed by atoms with Crippen molar-refractivity contribution in [2.75, 3.05) is 0 Å². The third-order valence-corrected chi connectivity index (χ3v) is 3.80. The zero-order valence-corrected chi connectivity index (χ0v) is 11.5. The molecule has 0 bridgehead atoms. The molecule has 0 aliphatic heterocycles. The monoisotopic (exact) mass is 276 g/mol. The van der Waals surface area contributed by atoms with Gasteiger partial charge < -0.3 is 0 Å². The molecule has 0 amide bonds. The average Bonchev–Trinajstić information content (AvgIpc) is 2.33. The van der Waals surface area contributed by atoms with Crippen molar-refractivity contribution in [3.05, 3.63) is 33.4 Å². The summed E-state index contributed by atoms with van der Waals surface area (Å²) in [5.74, 6) is -6.45. The second kappa shape index (κ2) is 4.94. The fourth-order valence-corrected chi connectivity index (χ4v) is 2.11. The lowest BCUT2D eigenvalue weighted by Gasteiger charge is -2.21. The molecule has 0 aliphatic carbocycles. The van der Waals surface area contributed by atoms with Gasteiger partial charge >= 0.3 is 12.3 Å². The van der Waals surface area contributed by atoms with E-state index in [1.54, 1.807) is 13.8 Å². The van der Waals surface area contributed by atoms with Crippen molar-refractivity contribution in [2.24, 2.45) is 0 Å². The van der Waals surface area contributed by atoms with Crippen molar-refractivity contribution in [1.82, 2.24) is 0 Å². The quantitative estimate of drug-likeness (QED) is 0.594. The van der Waals surface area contributed by atoms with Crippen LogP contribution in [0.15, 0.2) is 0 Å². The van der Waals surface area contributed by atoms with E-state index >= 15 is 0 Å². The van der Waals surface area contributed by atoms with Gasteiger partial charge in [0.25, 0.3) is 0 Å². The van der Waals surface area contributed by atoms with Crippen LogP contribution < -0.4 is 0 Å². The molecule has 0 aliphatic rings. The van der Waals surface area contributed by atoms with Gasteiger partial charge in [-0.3, -0.25) is 4.79 Å². The van der Waals surface area contributed by atoms with Crippen LogP contribution in [-0.2, 0) is 0 Å². The summed E-state index contributed by atoms with van der Waals surface area (Å²) in [5, 5.41) is 0. The van der Waals surface area contributed by atoms with E-state index in [2.05, 4.69) is 0 Å². The number of hydrogen-bond acceptors (Lipinski definition) is 1. The molecular formula is C14H16F4O. The normalized spacial score (nSPS) is 12.1. The van der Waals surface area contributed by atoms with E-state index in [0.29, 0.717) is 22.3 Å². The summed E-state index contributed by atoms with van der Waals surface area (Å²) in [6, 6.07) is 0. The average molecular weight is 276 g/mol. The summed E-state index contributed by atoms with van der Waals surface area (Å²) in [5.41, 5.74) is 2.63. The van der Waals surface area contributed by atoms with E-state index in [-0.39, 0.29) is 5.56 Å². The summed E-state index contributed by atoms with van der Waals surface area (Å²) in [6.45, 7) is 8.19. The van der Waals surface area contributed by atoms with Crippen molar-refractivity contribution in [3.63, 3.8) is 0 Å². The Morgan fingerprint density at radius 3 is 1.47 bits per heavy atom. The predicted molar refractivity (Wildman–Crippen MR) is 65.4 cm³/mol. The molecule has 1 aromatic rings. The Kier molecular flexibility index (Phi) is 4.08. The van der Waals surface area contributed by atoms with E-state index in [4.69, 9.17) is 0 Å². The fourth-order valence-electron chi connectivity index (χ4n) is 2.11. The van der Waals surface area contributed by atoms with Gasteiger partial charge in [-0.1, -0.05) is 0 Å². The van der Waals surface area contributed by atoms with Crippen LogP contribution in [0.1, 0.15) is 38.2 Å². The molecule has 0 radical (unpaired) electrons. The van der Waals surface area contributed by atoms with Gasteiger partial charge in [-0.2, -0.15) is 8.78 Å². The number of carbonyl (C=O) groups excluding carboxylic acids is 1. The van der Waals surface area contributed by atoms with Crippen LogP contribution in [0.2, 0.25) is 0 Å². The van der Waals surface area contributed by atoms with E-state index in [1.165, 1.54) is 13.8 Å². The van der Waals surface area contributed by atoms with Gasteiger partial charge in [-0.25, -0.2) is 8.78 Å². The number of benzene rings is 1. The van der Waals surface area contributed by atoms with Gasteiger partial charge in [-0.05, 0) is 62.4 Å². The minimum atomic E-state index is -4.65. The third-order valence-electron chi connectivity index (χ3n) is 3.80. The van der Waals surface area contributed by atoms with Crippen LogP contribution in [0.3, 0.4) is 0 Å². The summed E-state index contributed by atoms with van der Waals surface area (Å²) in [4.78, 5) is 11.7. The van der Waals surface area contributed by atoms with Gasteiger partial charge in [-0.15, -0.1) is 0 Å². The number of hydrogen-bond donors (Lipinski definition) is 0. The number of rotatable bonds is 3. The third kappa shape index (κ3) is 2.38. The predicted octanol–water partition coefficient (Wildman–Crippen LogP) is 4.31. The van der Waals surface area contributed by atoms with Crippen molar-refractivity contribution >= 4 is 5.78 Å². The number of halogens is 4. The lowest BCUT2D eigenvalue weighted by molar-refractivity contribution is -0.0958. The minimum absolute atomic E-state index is 0.286. The number of Topliss-reactive ketones (excluding diaryl/α,β-unsaturated/α-hetero) is 1. The summed E-state index contributed by atoms with van der Waals surface area (Å²) in [7, 11) is 0. The molecule has 1 rings (SSSR count). The number of carbonyl (C=O) groups is 1. The molecule has 0 fully saturated rings. The largest absolute Gasteiger partial charge is 0.368 e. The number of alkyl halides is 4. The molecule has 5 heteroatoms. The summed E-state index contributed by atoms with van der Waals surface area (Å²) in [6.07, 6.45) is -4.00. The van der Waals surface area contributed by atoms with Gasteiger partial charge in [0.15, 0.2) is 0 Å². The molecule has 0 atom stereocenters. The molecule has 0 aromatic heterocycles. The molecule has 106 valence electrons. The molecular weight excluding hydrogens is 260 g/mol. The van der Waals surface area contributed by atoms with Gasteiger partial charge in [0.2, 0.25) is 5.78 Å². The molecule has 0 spiro atoms. The zero-order chi connectivity index (χ0) is 15.1. The first-order valence-electron chi connectivity index (χ1n) is 5.81. The molecule has 0 N–H and O–H groups in total. The Morgan fingerprint density at radius 1 is 0.842 bits per heavy atom. The second-order valence-electron chi connectivity index (χ2n) is 4.75. The van der Waals surface area contributed by atoms with Crippen LogP contribution in [0.5, 0.6) is 0 Å². The van der Waals surface area contributed by atoms with Gasteiger partial charge in [0.05, 0.1) is 0 Å². The molecule has 1 aromatic carbocycles. The van der Waals surface area contributed by atoms with E-state index < -0.39 is 18.1 Å². The maximum absolute atomic E-state index is 13.3. The van der Waals surface area contributed by atoms with Crippen LogP contribution in [0.4, 0.5) is 17.6 Å². The fraction of sp³-hybridized carbons (Fsp3) is 0.500. The van der Waals surface area contributed by atoms with Crippen molar-refractivity contribution in [2.45, 2.75) is 47.0 Å². The highest BCUT2D eigenvalue weighted by Crippen LogP contribution is 2.33. The highest BCUT2D eigenvalue weighted by atomic mass is 19.3. The Balaban J connectivity index is 3.58. The lowest BCUT2D eigenvalue weighted by atomic mass is 9.86. The van der Waals surface area contributed by atoms with E-state index in [0.717, 1.165) is 5.56 Å². The topological polar surface area (TPSA) is 17.1 Å². The van der Waals surface area contributed by atoms with Gasteiger partial charge in [0, 0.05) is 5.56 Å². The van der Waals surface area contributed by atoms with Crippen molar-refractivity contribution < 1.29 is 22.4 Å². The summed E-state index contributed by atoms with van der Waals surface area (Å²) >= 11 is 0. The van der Waals surface area contributed by atoms with Crippen LogP contribution >= 0.6 is 0 Å². The van der Waals surface area contributed by atoms with Crippen LogP contribution in [0.25, 0.3) is 0 Å². The maximum Gasteiger partial charge on any atom is 0.368 e. The highest BCUT2D eigenvalue weighted by molar-refractivity contribution is 6.04. The standard InChI is InChI=1S/C14H16F4O/c1-6-7(2)9(4)11(10(5)8(6)3)12(19)14(17,18)13(15)16/h13H,1-5H3. The zero-order valence-electron chi connectivity index (χ0n) is 11.5. The first-order valence-corrected chi connectivity index (χ1v) is 5.81. The Hall–Kier alpha value is -1.39. The van der Waals surface area contributed by atoms with E-state index in [9.17, 15) is 22.4 Å². The lowest BCUT2D eigenvalue weighted by Crippen LogP contribution is -2.37. The SMILES string of the molecule is Cc1c(C)c(C)c(C(=O)C(F)(F)C(F)F)c(C)c1C. The maximum atomic E-state index is 13.3. The smallest absolute Gasteiger partial charge is 0.287 e. The second-order valence-corrected chi connectivity index (χ2v) is 4.75. The van der Waals surface area contributed by atoms with Crippen molar-refractivity contribution in [1.29, 1.82) is 0 Å². The van der Waals surface area contributed by atoms with Crippen LogP contribution in [0, 0.1) is 34.6 Å². The van der Waals surface area contributed by atoms with Gasteiger partial charge in [0.1, 0.15) is 0 Å². The molecule has 0 heterocycles. The molecule has 19 heavy (non-hydrogen) atoms. The molecule has 0 saturated heterocycles. The molecule has 1 nitrogen and oxygen atoms in total. The minimum Gasteiger partial charge on any atom is -0.287 e. The van der Waals surface area contributed by atoms with Crippen LogP contribution in [-0.4, -0.2) is 18.1 Å². The Morgan fingerprint density at radius 2 is 1.16 bits per heavy atom. The summed E-state index contributed by atoms with van der Waals surface area (Å²) < 4.78 is 51.1.